The summed E-state index contributed by atoms with van der Waals surface area (Å²) in [7, 11) is 0. The third-order valence-electron chi connectivity index (χ3n) is 3.27. The molecule has 0 aliphatic heterocycles. The van der Waals surface area contributed by atoms with Gasteiger partial charge in [-0.15, -0.1) is 0 Å². The van der Waals surface area contributed by atoms with E-state index in [0.29, 0.717) is 0 Å². The van der Waals surface area contributed by atoms with Crippen molar-refractivity contribution in [2.75, 3.05) is 0 Å². The normalized spacial score (nSPS) is 14.0. The summed E-state index contributed by atoms with van der Waals surface area (Å²) in [6.45, 7) is 4.21. The number of benzene rings is 1. The first-order chi connectivity index (χ1) is 8.75. The molecule has 1 aromatic heterocycles. The Morgan fingerprint density at radius 3 is 2.61 bits per heavy atom. The maximum absolute atomic E-state index is 4.66. The minimum Gasteiger partial charge on any atom is -0.297 e. The average Bonchev–Trinajstić information content (AvgIpc) is 2.60. The van der Waals surface area contributed by atoms with Crippen LogP contribution in [0.5, 0.6) is 0 Å². The SMILES string of the molecule is CC1=CC=c2c(nc(C)n2-c2ccccc2)=CC1. The molecule has 2 heteroatoms. The van der Waals surface area contributed by atoms with Gasteiger partial charge in [0.25, 0.3) is 0 Å². The Labute approximate surface area is 107 Å². The van der Waals surface area contributed by atoms with Gasteiger partial charge in [0.1, 0.15) is 5.82 Å². The first-order valence-corrected chi connectivity index (χ1v) is 6.24. The molecule has 0 saturated carbocycles. The molecule has 0 atom stereocenters. The fraction of sp³-hybridized carbons (Fsp3) is 0.188. The molecule has 1 aliphatic rings. The third kappa shape index (κ3) is 1.80. The van der Waals surface area contributed by atoms with E-state index in [2.05, 4.69) is 65.9 Å². The Morgan fingerprint density at radius 2 is 1.83 bits per heavy atom. The number of allylic oxidation sites excluding steroid dienone is 2. The lowest BCUT2D eigenvalue weighted by Crippen LogP contribution is -2.28. The zero-order chi connectivity index (χ0) is 12.5. The van der Waals surface area contributed by atoms with E-state index in [0.717, 1.165) is 17.6 Å². The van der Waals surface area contributed by atoms with Gasteiger partial charge < -0.3 is 0 Å². The van der Waals surface area contributed by atoms with Gasteiger partial charge in [-0.25, -0.2) is 4.98 Å². The summed E-state index contributed by atoms with van der Waals surface area (Å²) in [5, 5.41) is 2.26. The van der Waals surface area contributed by atoms with Gasteiger partial charge in [-0.05, 0) is 38.5 Å². The van der Waals surface area contributed by atoms with Crippen molar-refractivity contribution in [2.45, 2.75) is 20.3 Å². The van der Waals surface area contributed by atoms with Gasteiger partial charge in [-0.1, -0.05) is 35.9 Å². The number of aromatic nitrogens is 2. The van der Waals surface area contributed by atoms with E-state index in [9.17, 15) is 0 Å². The van der Waals surface area contributed by atoms with Crippen LogP contribution in [0, 0.1) is 6.92 Å². The molecular formula is C16H16N2. The Balaban J connectivity index is 2.33. The predicted molar refractivity (Wildman–Crippen MR) is 74.9 cm³/mol. The molecule has 0 N–H and O–H groups in total. The van der Waals surface area contributed by atoms with Crippen molar-refractivity contribution in [3.05, 3.63) is 58.5 Å². The molecular weight excluding hydrogens is 220 g/mol. The summed E-state index contributed by atoms with van der Waals surface area (Å²) in [6, 6.07) is 10.4. The molecule has 2 aromatic rings. The summed E-state index contributed by atoms with van der Waals surface area (Å²) in [5.74, 6) is 1.03. The molecule has 0 unspecified atom stereocenters. The molecule has 1 aromatic carbocycles. The number of hydrogen-bond acceptors (Lipinski definition) is 1. The number of nitrogens with zero attached hydrogens (tertiary/aromatic N) is 2. The summed E-state index contributed by atoms with van der Waals surface area (Å²) < 4.78 is 2.21. The number of hydrogen-bond donors (Lipinski definition) is 0. The lowest BCUT2D eigenvalue weighted by molar-refractivity contribution is 0.950. The zero-order valence-corrected chi connectivity index (χ0v) is 10.7. The van der Waals surface area contributed by atoms with Crippen LogP contribution in [-0.2, 0) is 0 Å². The highest BCUT2D eigenvalue weighted by Gasteiger charge is 2.06. The van der Waals surface area contributed by atoms with Crippen molar-refractivity contribution in [2.24, 2.45) is 0 Å². The van der Waals surface area contributed by atoms with Crippen LogP contribution in [0.15, 0.2) is 42.0 Å². The second-order valence-electron chi connectivity index (χ2n) is 4.69. The van der Waals surface area contributed by atoms with E-state index in [1.165, 1.54) is 16.6 Å². The number of rotatable bonds is 1. The molecule has 2 nitrogen and oxygen atoms in total. The highest BCUT2D eigenvalue weighted by atomic mass is 15.1. The molecule has 1 aliphatic carbocycles. The largest absolute Gasteiger partial charge is 0.297 e. The van der Waals surface area contributed by atoms with Crippen molar-refractivity contribution in [3.63, 3.8) is 0 Å². The lowest BCUT2D eigenvalue weighted by Gasteiger charge is -2.04. The van der Waals surface area contributed by atoms with E-state index in [4.69, 9.17) is 0 Å². The zero-order valence-electron chi connectivity index (χ0n) is 10.7. The fourth-order valence-corrected chi connectivity index (χ4v) is 2.33. The summed E-state index contributed by atoms with van der Waals surface area (Å²) in [4.78, 5) is 4.66. The van der Waals surface area contributed by atoms with Crippen molar-refractivity contribution in [1.29, 1.82) is 0 Å². The Morgan fingerprint density at radius 1 is 1.06 bits per heavy atom. The molecule has 1 heterocycles. The van der Waals surface area contributed by atoms with Crippen LogP contribution < -0.4 is 10.7 Å². The first kappa shape index (κ1) is 11.0. The number of fused-ring (bicyclic) bond motifs is 1. The first-order valence-electron chi connectivity index (χ1n) is 6.24. The fourth-order valence-electron chi connectivity index (χ4n) is 2.33. The highest BCUT2D eigenvalue weighted by molar-refractivity contribution is 5.47. The number of imidazole rings is 1. The second-order valence-corrected chi connectivity index (χ2v) is 4.69. The van der Waals surface area contributed by atoms with Gasteiger partial charge in [0.2, 0.25) is 0 Å². The predicted octanol–water partition coefficient (Wildman–Crippen LogP) is 2.09. The highest BCUT2D eigenvalue weighted by Crippen LogP contribution is 2.07. The molecule has 18 heavy (non-hydrogen) atoms. The Kier molecular flexibility index (Phi) is 2.63. The van der Waals surface area contributed by atoms with E-state index >= 15 is 0 Å². The quantitative estimate of drug-likeness (QED) is 0.741. The third-order valence-corrected chi connectivity index (χ3v) is 3.27. The minimum absolute atomic E-state index is 0.981. The Hall–Kier alpha value is -2.09. The van der Waals surface area contributed by atoms with Crippen LogP contribution >= 0.6 is 0 Å². The van der Waals surface area contributed by atoms with Gasteiger partial charge in [-0.2, -0.15) is 0 Å². The summed E-state index contributed by atoms with van der Waals surface area (Å²) in [5.41, 5.74) is 2.53. The minimum atomic E-state index is 0.981. The Bertz CT molecular complexity index is 718. The van der Waals surface area contributed by atoms with Crippen LogP contribution in [0.25, 0.3) is 17.8 Å². The van der Waals surface area contributed by atoms with Gasteiger partial charge in [0, 0.05) is 5.69 Å². The van der Waals surface area contributed by atoms with Crippen molar-refractivity contribution in [1.82, 2.24) is 9.55 Å². The van der Waals surface area contributed by atoms with Crippen molar-refractivity contribution in [3.8, 4) is 5.69 Å². The second kappa shape index (κ2) is 4.30. The number of para-hydroxylation sites is 1. The molecule has 0 spiro atoms. The maximum atomic E-state index is 4.66. The van der Waals surface area contributed by atoms with E-state index in [1.54, 1.807) is 0 Å². The molecule has 0 bridgehead atoms. The maximum Gasteiger partial charge on any atom is 0.111 e. The van der Waals surface area contributed by atoms with E-state index in [1.807, 2.05) is 6.07 Å². The van der Waals surface area contributed by atoms with Crippen LogP contribution in [0.3, 0.4) is 0 Å². The van der Waals surface area contributed by atoms with Crippen LogP contribution in [0.1, 0.15) is 19.2 Å². The molecule has 90 valence electrons. The van der Waals surface area contributed by atoms with Gasteiger partial charge in [-0.3, -0.25) is 4.57 Å². The van der Waals surface area contributed by atoms with Crippen molar-refractivity contribution >= 4 is 12.2 Å². The average molecular weight is 236 g/mol. The van der Waals surface area contributed by atoms with Crippen LogP contribution in [-0.4, -0.2) is 9.55 Å². The van der Waals surface area contributed by atoms with Gasteiger partial charge >= 0.3 is 0 Å². The van der Waals surface area contributed by atoms with Crippen molar-refractivity contribution < 1.29 is 0 Å². The standard InChI is InChI=1S/C16H16N2/c1-12-8-10-15-16(11-9-12)18(13(2)17-15)14-6-4-3-5-7-14/h3-7,9-11H,8H2,1-2H3. The summed E-state index contributed by atoms with van der Waals surface area (Å²) in [6.07, 6.45) is 7.54. The smallest absolute Gasteiger partial charge is 0.111 e. The molecule has 0 radical (unpaired) electrons. The molecule has 0 amide bonds. The molecule has 3 rings (SSSR count). The lowest BCUT2D eigenvalue weighted by atomic mass is 10.2. The number of aryl methyl sites for hydroxylation is 1. The van der Waals surface area contributed by atoms with E-state index < -0.39 is 0 Å². The van der Waals surface area contributed by atoms with Crippen LogP contribution in [0.2, 0.25) is 0 Å². The van der Waals surface area contributed by atoms with E-state index in [-0.39, 0.29) is 0 Å². The monoisotopic (exact) mass is 236 g/mol. The molecule has 0 fully saturated rings. The molecule has 0 saturated heterocycles. The van der Waals surface area contributed by atoms with Gasteiger partial charge in [0.05, 0.1) is 10.7 Å². The summed E-state index contributed by atoms with van der Waals surface area (Å²) >= 11 is 0. The van der Waals surface area contributed by atoms with Gasteiger partial charge in [0.15, 0.2) is 0 Å². The topological polar surface area (TPSA) is 17.8 Å². The van der Waals surface area contributed by atoms with Crippen LogP contribution in [0.4, 0.5) is 0 Å².